The van der Waals surface area contributed by atoms with Crippen LogP contribution in [0.25, 0.3) is 0 Å². The lowest BCUT2D eigenvalue weighted by molar-refractivity contribution is -0.168. The van der Waals surface area contributed by atoms with E-state index in [9.17, 15) is 15.0 Å². The molecule has 0 aliphatic heterocycles. The minimum absolute atomic E-state index is 0.188. The summed E-state index contributed by atoms with van der Waals surface area (Å²) < 4.78 is 22.2. The maximum Gasteiger partial charge on any atom is 0.239 e. The molecule has 1 aliphatic carbocycles. The number of benzene rings is 6. The van der Waals surface area contributed by atoms with E-state index in [-0.39, 0.29) is 12.8 Å². The van der Waals surface area contributed by atoms with Crippen LogP contribution in [0.2, 0.25) is 0 Å². The van der Waals surface area contributed by atoms with Gasteiger partial charge in [0.25, 0.3) is 0 Å². The summed E-state index contributed by atoms with van der Waals surface area (Å²) >= 11 is 0. The second-order valence-corrected chi connectivity index (χ2v) is 15.4. The Morgan fingerprint density at radius 1 is 0.508 bits per heavy atom. The van der Waals surface area contributed by atoms with Crippen molar-refractivity contribution in [2.75, 3.05) is 28.4 Å². The highest BCUT2D eigenvalue weighted by Gasteiger charge is 2.59. The molecule has 6 aromatic rings. The molecule has 0 aromatic heterocycles. The minimum atomic E-state index is -2.08. The van der Waals surface area contributed by atoms with Gasteiger partial charge < -0.3 is 39.8 Å². The quantitative estimate of drug-likeness (QED) is 0.0830. The zero-order chi connectivity index (χ0) is 43.2. The van der Waals surface area contributed by atoms with Crippen LogP contribution in [0.3, 0.4) is 0 Å². The van der Waals surface area contributed by atoms with Crippen molar-refractivity contribution in [3.8, 4) is 23.0 Å². The number of hydrogen-bond acceptors (Lipinski definition) is 8. The fourth-order valence-corrected chi connectivity index (χ4v) is 9.00. The molecule has 314 valence electrons. The summed E-state index contributed by atoms with van der Waals surface area (Å²) in [5, 5.41) is 28.4. The zero-order valence-corrected chi connectivity index (χ0v) is 34.9. The highest BCUT2D eigenvalue weighted by Crippen LogP contribution is 2.56. The van der Waals surface area contributed by atoms with Gasteiger partial charge in [-0.25, -0.2) is 0 Å². The molecule has 1 saturated carbocycles. The van der Waals surface area contributed by atoms with Gasteiger partial charge in [-0.2, -0.15) is 0 Å². The van der Waals surface area contributed by atoms with Crippen molar-refractivity contribution in [3.05, 3.63) is 191 Å². The van der Waals surface area contributed by atoms with Crippen molar-refractivity contribution in [2.24, 2.45) is 11.1 Å². The lowest BCUT2D eigenvalue weighted by Crippen LogP contribution is -2.59. The number of hydrogen-bond donors (Lipinski definition) is 3. The third kappa shape index (κ3) is 7.80. The van der Waals surface area contributed by atoms with Gasteiger partial charge in [0.05, 0.1) is 40.5 Å². The van der Waals surface area contributed by atoms with Crippen LogP contribution >= 0.6 is 0 Å². The molecule has 0 saturated heterocycles. The van der Waals surface area contributed by atoms with E-state index in [1.165, 1.54) is 0 Å². The first kappa shape index (κ1) is 42.5. The molecule has 2 atom stereocenters. The summed E-state index contributed by atoms with van der Waals surface area (Å²) in [5.41, 5.74) is 3.22. The molecule has 7 rings (SSSR count). The molecule has 2 amide bonds. The van der Waals surface area contributed by atoms with Crippen molar-refractivity contribution in [2.45, 2.75) is 49.0 Å². The molecule has 0 radical (unpaired) electrons. The van der Waals surface area contributed by atoms with E-state index in [2.05, 4.69) is 0 Å². The Hall–Kier alpha value is -6.62. The first-order chi connectivity index (χ1) is 29.5. The molecular formula is C51H52N2O8. The number of nitrogens with two attached hydrogens (primary N) is 1. The topological polar surface area (TPSA) is 141 Å². The molecular weight excluding hydrogens is 769 g/mol. The van der Waals surface area contributed by atoms with Crippen LogP contribution in [0.5, 0.6) is 23.0 Å². The van der Waals surface area contributed by atoms with E-state index in [0.717, 1.165) is 0 Å². The second-order valence-electron chi connectivity index (χ2n) is 15.4. The highest BCUT2D eigenvalue weighted by atomic mass is 16.5. The largest absolute Gasteiger partial charge is 0.497 e. The van der Waals surface area contributed by atoms with Crippen molar-refractivity contribution in [3.63, 3.8) is 0 Å². The molecule has 0 spiro atoms. The predicted octanol–water partition coefficient (Wildman–Crippen LogP) is 8.25. The van der Waals surface area contributed by atoms with E-state index in [1.54, 1.807) is 130 Å². The smallest absolute Gasteiger partial charge is 0.239 e. The highest BCUT2D eigenvalue weighted by molar-refractivity contribution is 6.05. The number of carbonyl (C=O) groups excluding carboxylic acids is 2. The van der Waals surface area contributed by atoms with E-state index < -0.39 is 40.5 Å². The zero-order valence-electron chi connectivity index (χ0n) is 34.9. The third-order valence-electron chi connectivity index (χ3n) is 12.3. The Bertz CT molecular complexity index is 2140. The van der Waals surface area contributed by atoms with Crippen LogP contribution in [0, 0.1) is 5.41 Å². The molecule has 0 bridgehead atoms. The van der Waals surface area contributed by atoms with Gasteiger partial charge in [0.2, 0.25) is 11.8 Å². The predicted molar refractivity (Wildman–Crippen MR) is 233 cm³/mol. The fourth-order valence-electron chi connectivity index (χ4n) is 9.00. The first-order valence-electron chi connectivity index (χ1n) is 20.3. The van der Waals surface area contributed by atoms with Crippen molar-refractivity contribution < 1.29 is 38.7 Å². The summed E-state index contributed by atoms with van der Waals surface area (Å²) in [6.07, 6.45) is 1.54. The molecule has 0 heterocycles. The monoisotopic (exact) mass is 820 g/mol. The van der Waals surface area contributed by atoms with Gasteiger partial charge >= 0.3 is 0 Å². The summed E-state index contributed by atoms with van der Waals surface area (Å²) in [6, 6.07) is 43.8. The summed E-state index contributed by atoms with van der Waals surface area (Å²) in [4.78, 5) is 32.1. The molecule has 6 aromatic carbocycles. The van der Waals surface area contributed by atoms with Crippen molar-refractivity contribution in [1.29, 1.82) is 0 Å². The van der Waals surface area contributed by atoms with Crippen molar-refractivity contribution in [1.82, 2.24) is 4.90 Å². The summed E-state index contributed by atoms with van der Waals surface area (Å²) in [7, 11) is 6.25. The Kier molecular flexibility index (Phi) is 12.5. The number of methoxy groups -OCH3 is 4. The van der Waals surface area contributed by atoms with E-state index >= 15 is 4.79 Å². The number of nitrogens with zero attached hydrogens (tertiary/aromatic N) is 1. The van der Waals surface area contributed by atoms with Gasteiger partial charge in [0, 0.05) is 0 Å². The summed E-state index contributed by atoms with van der Waals surface area (Å²) in [5.74, 6) is 0.825. The molecule has 10 nitrogen and oxygen atoms in total. The molecule has 4 N–H and O–H groups in total. The number of amides is 2. The Labute approximate surface area is 357 Å². The van der Waals surface area contributed by atoms with Crippen LogP contribution in [0.15, 0.2) is 158 Å². The van der Waals surface area contributed by atoms with Crippen LogP contribution in [0.1, 0.15) is 71.1 Å². The molecule has 10 heteroatoms. The maximum atomic E-state index is 16.5. The van der Waals surface area contributed by atoms with Crippen molar-refractivity contribution >= 4 is 11.8 Å². The van der Waals surface area contributed by atoms with Gasteiger partial charge in [0.1, 0.15) is 39.6 Å². The van der Waals surface area contributed by atoms with Crippen LogP contribution in [-0.4, -0.2) is 55.4 Å². The lowest BCUT2D eigenvalue weighted by Gasteiger charge is -2.53. The normalized spacial score (nSPS) is 14.7. The average molecular weight is 821 g/mol. The van der Waals surface area contributed by atoms with E-state index in [4.69, 9.17) is 24.7 Å². The molecule has 1 aliphatic rings. The van der Waals surface area contributed by atoms with Crippen LogP contribution in [-0.2, 0) is 20.8 Å². The molecule has 1 fully saturated rings. The summed E-state index contributed by atoms with van der Waals surface area (Å²) in [6.45, 7) is 0. The Morgan fingerprint density at radius 2 is 0.787 bits per heavy atom. The first-order valence-corrected chi connectivity index (χ1v) is 20.3. The van der Waals surface area contributed by atoms with Gasteiger partial charge in [-0.3, -0.25) is 9.59 Å². The van der Waals surface area contributed by atoms with Gasteiger partial charge in [0.15, 0.2) is 0 Å². The van der Waals surface area contributed by atoms with Crippen LogP contribution < -0.4 is 24.7 Å². The van der Waals surface area contributed by atoms with Crippen LogP contribution in [0.4, 0.5) is 0 Å². The molecule has 61 heavy (non-hydrogen) atoms. The standard InChI is InChI=1S/C51H52N2O8/c1-58-41-25-17-37(18-26-41)50(56,38-19-27-42(59-2)28-20-38)45(35-13-7-5-8-14-35)53(48(55)49(47(52)54)33-11-12-34-49)46(36-15-9-6-10-16-36)51(57,39-21-29-43(60-3)30-22-39)40-23-31-44(61-4)32-24-40/h5-10,13-32,45-46,56-57H,11-12,33-34H2,1-4H3,(H2,52,54). The minimum Gasteiger partial charge on any atom is -0.497 e. The number of carbonyl (C=O) groups is 2. The second kappa shape index (κ2) is 17.9. The fraction of sp³-hybridized carbons (Fsp3) is 0.255. The maximum absolute atomic E-state index is 16.5. The lowest BCUT2D eigenvalue weighted by atomic mass is 9.70. The Balaban J connectivity index is 1.66. The van der Waals surface area contributed by atoms with Gasteiger partial charge in [-0.15, -0.1) is 0 Å². The van der Waals surface area contributed by atoms with Gasteiger partial charge in [-0.05, 0) is 94.8 Å². The van der Waals surface area contributed by atoms with E-state index in [0.29, 0.717) is 69.2 Å². The number of primary amides is 1. The van der Waals surface area contributed by atoms with E-state index in [1.807, 2.05) is 60.7 Å². The number of ether oxygens (including phenoxy) is 4. The Morgan fingerprint density at radius 3 is 1.03 bits per heavy atom. The number of aliphatic hydroxyl groups is 2. The SMILES string of the molecule is COc1ccc(C(O)(c2ccc(OC)cc2)C(c2ccccc2)N(C(=O)C2(C(N)=O)CCCC2)C(c2ccccc2)C(O)(c2ccc(OC)cc2)c2ccc(OC)cc2)cc1. The number of rotatable bonds is 16. The van der Waals surface area contributed by atoms with Gasteiger partial charge in [-0.1, -0.05) is 122 Å². The molecule has 2 unspecified atom stereocenters. The third-order valence-corrected chi connectivity index (χ3v) is 12.3. The average Bonchev–Trinajstić information content (AvgIpc) is 3.84.